The largest absolute Gasteiger partial charge is 0.400 e. The number of hydrogen-bond acceptors (Lipinski definition) is 4. The summed E-state index contributed by atoms with van der Waals surface area (Å²) in [6.07, 6.45) is 1.30. The molecule has 0 aromatic carbocycles. The zero-order valence-corrected chi connectivity index (χ0v) is 6.82. The lowest BCUT2D eigenvalue weighted by molar-refractivity contribution is 0.0956. The molecular weight excluding hydrogens is 146 g/mol. The molecule has 1 fully saturated rings. The molecule has 11 heavy (non-hydrogen) atoms. The van der Waals surface area contributed by atoms with Gasteiger partial charge in [0.15, 0.2) is 0 Å². The van der Waals surface area contributed by atoms with Crippen molar-refractivity contribution in [3.63, 3.8) is 0 Å². The van der Waals surface area contributed by atoms with Crippen LogP contribution in [0.4, 0.5) is 0 Å². The van der Waals surface area contributed by atoms with E-state index >= 15 is 0 Å². The summed E-state index contributed by atoms with van der Waals surface area (Å²) in [6, 6.07) is 0.119. The van der Waals surface area contributed by atoms with Gasteiger partial charge in [0.25, 0.3) is 0 Å². The molecule has 1 heterocycles. The van der Waals surface area contributed by atoms with Crippen LogP contribution in [0.1, 0.15) is 12.8 Å². The second-order valence-corrected chi connectivity index (χ2v) is 2.51. The van der Waals surface area contributed by atoms with Gasteiger partial charge in [0, 0.05) is 13.2 Å². The molecule has 0 aromatic rings. The van der Waals surface area contributed by atoms with E-state index in [1.165, 1.54) is 0 Å². The lowest BCUT2D eigenvalue weighted by Gasteiger charge is -2.25. The first kappa shape index (κ1) is 10.8. The Kier molecular flexibility index (Phi) is 6.45. The summed E-state index contributed by atoms with van der Waals surface area (Å²) in [5, 5.41) is 27.8. The van der Waals surface area contributed by atoms with Gasteiger partial charge in [-0.2, -0.15) is 0 Å². The highest BCUT2D eigenvalue weighted by Gasteiger charge is 2.17. The average Bonchev–Trinajstić information content (AvgIpc) is 2.08. The predicted octanol–water partition coefficient (Wildman–Crippen LogP) is -1.30. The van der Waals surface area contributed by atoms with E-state index in [1.807, 2.05) is 0 Å². The van der Waals surface area contributed by atoms with Gasteiger partial charge in [-0.1, -0.05) is 0 Å². The van der Waals surface area contributed by atoms with Crippen LogP contribution >= 0.6 is 0 Å². The molecular formula is C7H17NO3. The predicted molar refractivity (Wildman–Crippen MR) is 42.3 cm³/mol. The van der Waals surface area contributed by atoms with Crippen molar-refractivity contribution in [1.82, 2.24) is 5.32 Å². The Labute approximate surface area is 66.9 Å². The smallest absolute Gasteiger partial charge is 0.0585 e. The van der Waals surface area contributed by atoms with Crippen LogP contribution in [0.2, 0.25) is 0 Å². The molecule has 1 aliphatic rings. The van der Waals surface area contributed by atoms with Gasteiger partial charge in [0.2, 0.25) is 0 Å². The molecule has 0 aromatic heterocycles. The number of hydrogen-bond donors (Lipinski definition) is 4. The van der Waals surface area contributed by atoms with E-state index in [0.29, 0.717) is 6.42 Å². The Hall–Kier alpha value is -0.160. The third-order valence-electron chi connectivity index (χ3n) is 1.69. The molecule has 2 atom stereocenters. The summed E-state index contributed by atoms with van der Waals surface area (Å²) in [7, 11) is 1.00. The fourth-order valence-corrected chi connectivity index (χ4v) is 1.12. The van der Waals surface area contributed by atoms with Crippen molar-refractivity contribution in [3.8, 4) is 0 Å². The highest BCUT2D eigenvalue weighted by Crippen LogP contribution is 2.06. The minimum Gasteiger partial charge on any atom is -0.400 e. The van der Waals surface area contributed by atoms with Crippen LogP contribution in [0.5, 0.6) is 0 Å². The van der Waals surface area contributed by atoms with Crippen LogP contribution in [0, 0.1) is 0 Å². The first-order valence-corrected chi connectivity index (χ1v) is 3.80. The third-order valence-corrected chi connectivity index (χ3v) is 1.69. The Morgan fingerprint density at radius 2 is 2.09 bits per heavy atom. The summed E-state index contributed by atoms with van der Waals surface area (Å²) in [5.41, 5.74) is 0. The minimum atomic E-state index is -0.205. The van der Waals surface area contributed by atoms with Gasteiger partial charge in [-0.15, -0.1) is 0 Å². The number of aliphatic hydroxyl groups excluding tert-OH is 3. The van der Waals surface area contributed by atoms with Gasteiger partial charge in [-0.3, -0.25) is 0 Å². The molecule has 0 aliphatic carbocycles. The zero-order chi connectivity index (χ0) is 8.69. The molecule has 0 saturated carbocycles. The van der Waals surface area contributed by atoms with Gasteiger partial charge in [0.1, 0.15) is 0 Å². The molecule has 0 spiro atoms. The van der Waals surface area contributed by atoms with Gasteiger partial charge < -0.3 is 20.6 Å². The molecule has 68 valence electrons. The van der Waals surface area contributed by atoms with Crippen molar-refractivity contribution in [2.24, 2.45) is 0 Å². The van der Waals surface area contributed by atoms with E-state index in [1.54, 1.807) is 0 Å². The first-order chi connectivity index (χ1) is 5.33. The van der Waals surface area contributed by atoms with Gasteiger partial charge in [-0.05, 0) is 19.4 Å². The number of piperidine rings is 1. The van der Waals surface area contributed by atoms with E-state index in [4.69, 9.17) is 15.3 Å². The summed E-state index contributed by atoms with van der Waals surface area (Å²) >= 11 is 0. The quantitative estimate of drug-likeness (QED) is 0.388. The zero-order valence-electron chi connectivity index (χ0n) is 6.82. The standard InChI is InChI=1S/C6H13NO2.CH4O/c8-4-5-3-6(9)1-2-7-5;1-2/h5-9H,1-4H2;2H,1H3/t5-,6+;/m0./s1. The van der Waals surface area contributed by atoms with E-state index in [2.05, 4.69) is 5.32 Å². The number of aliphatic hydroxyl groups is 3. The van der Waals surface area contributed by atoms with Crippen molar-refractivity contribution < 1.29 is 15.3 Å². The van der Waals surface area contributed by atoms with Crippen LogP contribution < -0.4 is 5.32 Å². The molecule has 0 radical (unpaired) electrons. The summed E-state index contributed by atoms with van der Waals surface area (Å²) in [4.78, 5) is 0. The highest BCUT2D eigenvalue weighted by molar-refractivity contribution is 4.76. The van der Waals surface area contributed by atoms with E-state index in [0.717, 1.165) is 20.1 Å². The summed E-state index contributed by atoms with van der Waals surface area (Å²) in [6.45, 7) is 0.962. The molecule has 0 unspecified atom stereocenters. The van der Waals surface area contributed by atoms with E-state index in [-0.39, 0.29) is 18.8 Å². The second-order valence-electron chi connectivity index (χ2n) is 2.51. The van der Waals surface area contributed by atoms with Crippen LogP contribution in [0.15, 0.2) is 0 Å². The van der Waals surface area contributed by atoms with Gasteiger partial charge in [-0.25, -0.2) is 0 Å². The number of rotatable bonds is 1. The molecule has 1 aliphatic heterocycles. The number of nitrogens with one attached hydrogen (secondary N) is 1. The normalized spacial score (nSPS) is 30.5. The van der Waals surface area contributed by atoms with Crippen LogP contribution in [-0.4, -0.2) is 47.7 Å². The lowest BCUT2D eigenvalue weighted by Crippen LogP contribution is -2.42. The van der Waals surface area contributed by atoms with Crippen molar-refractivity contribution in [2.45, 2.75) is 25.0 Å². The first-order valence-electron chi connectivity index (χ1n) is 3.80. The molecule has 0 amide bonds. The molecule has 1 saturated heterocycles. The Balaban J connectivity index is 0.000000461. The van der Waals surface area contributed by atoms with Gasteiger partial charge >= 0.3 is 0 Å². The van der Waals surface area contributed by atoms with Gasteiger partial charge in [0.05, 0.1) is 12.7 Å². The Morgan fingerprint density at radius 1 is 1.45 bits per heavy atom. The average molecular weight is 163 g/mol. The van der Waals surface area contributed by atoms with Crippen LogP contribution in [-0.2, 0) is 0 Å². The summed E-state index contributed by atoms with van der Waals surface area (Å²) in [5.74, 6) is 0. The van der Waals surface area contributed by atoms with E-state index in [9.17, 15) is 0 Å². The van der Waals surface area contributed by atoms with Crippen molar-refractivity contribution in [3.05, 3.63) is 0 Å². The lowest BCUT2D eigenvalue weighted by atomic mass is 10.0. The highest BCUT2D eigenvalue weighted by atomic mass is 16.3. The maximum absolute atomic E-state index is 9.06. The second kappa shape index (κ2) is 6.54. The molecule has 1 rings (SSSR count). The SMILES string of the molecule is CO.OC[C@@H]1C[C@H](O)CCN1. The van der Waals surface area contributed by atoms with Crippen molar-refractivity contribution in [2.75, 3.05) is 20.3 Å². The maximum Gasteiger partial charge on any atom is 0.0585 e. The molecule has 4 nitrogen and oxygen atoms in total. The van der Waals surface area contributed by atoms with Crippen LogP contribution in [0.3, 0.4) is 0 Å². The van der Waals surface area contributed by atoms with E-state index < -0.39 is 0 Å². The summed E-state index contributed by atoms with van der Waals surface area (Å²) < 4.78 is 0. The Morgan fingerprint density at radius 3 is 2.45 bits per heavy atom. The monoisotopic (exact) mass is 163 g/mol. The fourth-order valence-electron chi connectivity index (χ4n) is 1.12. The van der Waals surface area contributed by atoms with Crippen LogP contribution in [0.25, 0.3) is 0 Å². The van der Waals surface area contributed by atoms with Crippen molar-refractivity contribution in [1.29, 1.82) is 0 Å². The fraction of sp³-hybridized carbons (Fsp3) is 1.00. The Bertz CT molecular complexity index is 89.8. The topological polar surface area (TPSA) is 72.7 Å². The van der Waals surface area contributed by atoms with Crippen molar-refractivity contribution >= 4 is 0 Å². The molecule has 0 bridgehead atoms. The molecule has 4 N–H and O–H groups in total. The molecule has 4 heteroatoms. The third kappa shape index (κ3) is 4.31. The maximum atomic E-state index is 9.06. The minimum absolute atomic E-state index is 0.119.